The molecular formula is C18H20N2O4. The SMILES string of the molecule is N#Cc1ccc(OCC(O)CNCC(O)c2ccc(O)cc2)cc1. The van der Waals surface area contributed by atoms with Crippen LogP contribution >= 0.6 is 0 Å². The number of nitrogens with one attached hydrogen (secondary N) is 1. The molecule has 0 aliphatic carbocycles. The first kappa shape index (κ1) is 17.8. The standard InChI is InChI=1S/C18H20N2O4/c19-9-13-1-7-17(8-2-13)24-12-16(22)10-20-11-18(23)14-3-5-15(21)6-4-14/h1-8,16,18,20-23H,10-12H2. The van der Waals surface area contributed by atoms with Gasteiger partial charge in [-0.05, 0) is 42.0 Å². The zero-order valence-electron chi connectivity index (χ0n) is 13.1. The molecule has 2 rings (SSSR count). The van der Waals surface area contributed by atoms with Crippen LogP contribution in [0.25, 0.3) is 0 Å². The first-order chi connectivity index (χ1) is 11.6. The Morgan fingerprint density at radius 1 is 1.00 bits per heavy atom. The van der Waals surface area contributed by atoms with Gasteiger partial charge in [0.25, 0.3) is 0 Å². The molecule has 0 saturated carbocycles. The number of hydrogen-bond donors (Lipinski definition) is 4. The largest absolute Gasteiger partial charge is 0.508 e. The molecule has 2 atom stereocenters. The lowest BCUT2D eigenvalue weighted by Crippen LogP contribution is -2.33. The van der Waals surface area contributed by atoms with Crippen molar-refractivity contribution in [1.82, 2.24) is 5.32 Å². The van der Waals surface area contributed by atoms with Gasteiger partial charge < -0.3 is 25.4 Å². The van der Waals surface area contributed by atoms with E-state index >= 15 is 0 Å². The molecule has 0 fully saturated rings. The smallest absolute Gasteiger partial charge is 0.119 e. The molecule has 0 amide bonds. The van der Waals surface area contributed by atoms with Gasteiger partial charge in [0, 0.05) is 13.1 Å². The average molecular weight is 328 g/mol. The first-order valence-electron chi connectivity index (χ1n) is 7.57. The van der Waals surface area contributed by atoms with Crippen molar-refractivity contribution in [3.8, 4) is 17.6 Å². The zero-order valence-corrected chi connectivity index (χ0v) is 13.1. The molecule has 0 saturated heterocycles. The molecule has 0 bridgehead atoms. The molecule has 0 heterocycles. The molecule has 2 aromatic rings. The molecule has 0 radical (unpaired) electrons. The van der Waals surface area contributed by atoms with Crippen LogP contribution in [0.2, 0.25) is 0 Å². The maximum Gasteiger partial charge on any atom is 0.119 e. The summed E-state index contributed by atoms with van der Waals surface area (Å²) in [6.45, 7) is 0.651. The van der Waals surface area contributed by atoms with Gasteiger partial charge in [0.05, 0.1) is 17.7 Å². The van der Waals surface area contributed by atoms with Gasteiger partial charge in [-0.2, -0.15) is 5.26 Å². The summed E-state index contributed by atoms with van der Waals surface area (Å²) in [4.78, 5) is 0. The summed E-state index contributed by atoms with van der Waals surface area (Å²) in [6.07, 6.45) is -1.45. The van der Waals surface area contributed by atoms with E-state index in [1.807, 2.05) is 6.07 Å². The molecule has 24 heavy (non-hydrogen) atoms. The summed E-state index contributed by atoms with van der Waals surface area (Å²) in [5.74, 6) is 0.728. The van der Waals surface area contributed by atoms with Gasteiger partial charge in [-0.25, -0.2) is 0 Å². The minimum atomic E-state index is -0.729. The predicted molar refractivity (Wildman–Crippen MR) is 88.6 cm³/mol. The Balaban J connectivity index is 1.68. The summed E-state index contributed by atoms with van der Waals surface area (Å²) in [7, 11) is 0. The van der Waals surface area contributed by atoms with Crippen molar-refractivity contribution in [2.75, 3.05) is 19.7 Å². The van der Waals surface area contributed by atoms with Crippen LogP contribution in [-0.4, -0.2) is 41.1 Å². The van der Waals surface area contributed by atoms with Gasteiger partial charge in [-0.15, -0.1) is 0 Å². The maximum absolute atomic E-state index is 10.00. The molecule has 0 aromatic heterocycles. The number of aliphatic hydroxyl groups excluding tert-OH is 2. The van der Waals surface area contributed by atoms with Crippen LogP contribution < -0.4 is 10.1 Å². The highest BCUT2D eigenvalue weighted by atomic mass is 16.5. The topological polar surface area (TPSA) is 106 Å². The summed E-state index contributed by atoms with van der Waals surface area (Å²) < 4.78 is 5.43. The van der Waals surface area contributed by atoms with Gasteiger partial charge in [0.1, 0.15) is 24.2 Å². The zero-order chi connectivity index (χ0) is 17.4. The van der Waals surface area contributed by atoms with Crippen LogP contribution in [0.4, 0.5) is 0 Å². The van der Waals surface area contributed by atoms with Crippen LogP contribution in [0.1, 0.15) is 17.2 Å². The van der Waals surface area contributed by atoms with E-state index < -0.39 is 12.2 Å². The van der Waals surface area contributed by atoms with Crippen LogP contribution in [0, 0.1) is 11.3 Å². The molecule has 6 nitrogen and oxygen atoms in total. The Morgan fingerprint density at radius 3 is 2.29 bits per heavy atom. The van der Waals surface area contributed by atoms with Gasteiger partial charge in [0.15, 0.2) is 0 Å². The first-order valence-corrected chi connectivity index (χ1v) is 7.57. The molecular weight excluding hydrogens is 308 g/mol. The van der Waals surface area contributed by atoms with E-state index in [4.69, 9.17) is 10.00 Å². The van der Waals surface area contributed by atoms with Crippen molar-refractivity contribution in [2.24, 2.45) is 0 Å². The quantitative estimate of drug-likeness (QED) is 0.582. The van der Waals surface area contributed by atoms with E-state index in [9.17, 15) is 15.3 Å². The number of phenolic OH excluding ortho intramolecular Hbond substituents is 1. The normalized spacial score (nSPS) is 13.0. The molecule has 0 aliphatic heterocycles. The third kappa shape index (κ3) is 5.56. The summed E-state index contributed by atoms with van der Waals surface area (Å²) in [5.41, 5.74) is 1.23. The van der Waals surface area contributed by atoms with Crippen molar-refractivity contribution < 1.29 is 20.1 Å². The fraction of sp³-hybridized carbons (Fsp3) is 0.278. The van der Waals surface area contributed by atoms with Crippen molar-refractivity contribution in [3.05, 3.63) is 59.7 Å². The number of aliphatic hydroxyl groups is 2. The van der Waals surface area contributed by atoms with Crippen LogP contribution in [-0.2, 0) is 0 Å². The fourth-order valence-electron chi connectivity index (χ4n) is 2.08. The predicted octanol–water partition coefficient (Wildman–Crippen LogP) is 1.33. The highest BCUT2D eigenvalue weighted by Gasteiger charge is 2.09. The van der Waals surface area contributed by atoms with E-state index in [0.717, 1.165) is 0 Å². The van der Waals surface area contributed by atoms with Crippen molar-refractivity contribution >= 4 is 0 Å². The van der Waals surface area contributed by atoms with Crippen molar-refractivity contribution in [3.63, 3.8) is 0 Å². The van der Waals surface area contributed by atoms with E-state index in [-0.39, 0.29) is 25.4 Å². The van der Waals surface area contributed by atoms with E-state index in [1.54, 1.807) is 36.4 Å². The van der Waals surface area contributed by atoms with E-state index in [1.165, 1.54) is 12.1 Å². The third-order valence-corrected chi connectivity index (χ3v) is 3.42. The molecule has 0 aliphatic rings. The van der Waals surface area contributed by atoms with Crippen molar-refractivity contribution in [2.45, 2.75) is 12.2 Å². The monoisotopic (exact) mass is 328 g/mol. The fourth-order valence-corrected chi connectivity index (χ4v) is 2.08. The Bertz CT molecular complexity index is 665. The molecule has 2 aromatic carbocycles. The average Bonchev–Trinajstić information content (AvgIpc) is 2.61. The number of rotatable bonds is 8. The second kappa shape index (κ2) is 8.89. The van der Waals surface area contributed by atoms with Gasteiger partial charge in [-0.3, -0.25) is 0 Å². The van der Waals surface area contributed by atoms with Gasteiger partial charge in [-0.1, -0.05) is 12.1 Å². The lowest BCUT2D eigenvalue weighted by atomic mass is 10.1. The Labute approximate surface area is 140 Å². The Kier molecular flexibility index (Phi) is 6.58. The number of hydrogen-bond acceptors (Lipinski definition) is 6. The molecule has 0 spiro atoms. The molecule has 6 heteroatoms. The Morgan fingerprint density at radius 2 is 1.67 bits per heavy atom. The van der Waals surface area contributed by atoms with E-state index in [2.05, 4.69) is 5.32 Å². The number of aromatic hydroxyl groups is 1. The third-order valence-electron chi connectivity index (χ3n) is 3.42. The number of phenols is 1. The van der Waals surface area contributed by atoms with Gasteiger partial charge >= 0.3 is 0 Å². The summed E-state index contributed by atoms with van der Waals surface area (Å²) >= 11 is 0. The molecule has 126 valence electrons. The molecule has 4 N–H and O–H groups in total. The van der Waals surface area contributed by atoms with Crippen molar-refractivity contribution in [1.29, 1.82) is 5.26 Å². The summed E-state index contributed by atoms with van der Waals surface area (Å²) in [5, 5.41) is 40.8. The lowest BCUT2D eigenvalue weighted by molar-refractivity contribution is 0.0996. The highest BCUT2D eigenvalue weighted by molar-refractivity contribution is 5.34. The second-order valence-electron chi connectivity index (χ2n) is 5.37. The van der Waals surface area contributed by atoms with Crippen LogP contribution in [0.15, 0.2) is 48.5 Å². The minimum absolute atomic E-state index is 0.105. The number of ether oxygens (including phenoxy) is 1. The lowest BCUT2D eigenvalue weighted by Gasteiger charge is -2.16. The van der Waals surface area contributed by atoms with Crippen LogP contribution in [0.3, 0.4) is 0 Å². The number of nitriles is 1. The number of nitrogens with zero attached hydrogens (tertiary/aromatic N) is 1. The van der Waals surface area contributed by atoms with E-state index in [0.29, 0.717) is 16.9 Å². The molecule has 2 unspecified atom stereocenters. The number of benzene rings is 2. The summed E-state index contributed by atoms with van der Waals surface area (Å²) in [6, 6.07) is 15.0. The highest BCUT2D eigenvalue weighted by Crippen LogP contribution is 2.16. The maximum atomic E-state index is 10.00. The minimum Gasteiger partial charge on any atom is -0.508 e. The Hall–Kier alpha value is -2.59. The van der Waals surface area contributed by atoms with Gasteiger partial charge in [0.2, 0.25) is 0 Å². The second-order valence-corrected chi connectivity index (χ2v) is 5.37. The van der Waals surface area contributed by atoms with Crippen LogP contribution in [0.5, 0.6) is 11.5 Å².